The molecule has 0 bridgehead atoms. The van der Waals surface area contributed by atoms with E-state index in [0.717, 1.165) is 0 Å². The highest BCUT2D eigenvalue weighted by molar-refractivity contribution is 6.01. The highest BCUT2D eigenvalue weighted by Crippen LogP contribution is 2.22. The van der Waals surface area contributed by atoms with Crippen molar-refractivity contribution in [2.45, 2.75) is 19.0 Å². The fourth-order valence-electron chi connectivity index (χ4n) is 3.09. The summed E-state index contributed by atoms with van der Waals surface area (Å²) in [5.41, 5.74) is 0.186. The molecule has 0 fully saturated rings. The second-order valence-corrected chi connectivity index (χ2v) is 6.42. The first kappa shape index (κ1) is 17.7. The van der Waals surface area contributed by atoms with Crippen molar-refractivity contribution in [1.82, 2.24) is 20.1 Å². The monoisotopic (exact) mass is 377 g/mol. The number of para-hydroxylation sites is 1. The average molecular weight is 377 g/mol. The molecule has 1 N–H and O–H groups in total. The van der Waals surface area contributed by atoms with E-state index in [-0.39, 0.29) is 11.6 Å². The van der Waals surface area contributed by atoms with Gasteiger partial charge in [0.2, 0.25) is 0 Å². The maximum Gasteiger partial charge on any atom is 0.270 e. The van der Waals surface area contributed by atoms with Crippen molar-refractivity contribution < 1.29 is 14.3 Å². The number of hydrogen-bond acceptors (Lipinski definition) is 5. The number of likely N-dealkylation sites (N-methyl/N-ethyl adjacent to an activating group) is 1. The summed E-state index contributed by atoms with van der Waals surface area (Å²) in [6, 6.07) is 13.6. The number of nitrogens with one attached hydrogen (secondary N) is 1. The Balaban J connectivity index is 1.47. The average Bonchev–Trinajstić information content (AvgIpc) is 3.15. The van der Waals surface area contributed by atoms with Crippen LogP contribution in [0.2, 0.25) is 0 Å². The van der Waals surface area contributed by atoms with E-state index < -0.39 is 11.9 Å². The number of ether oxygens (including phenoxy) is 1. The lowest BCUT2D eigenvalue weighted by Gasteiger charge is -2.20. The highest BCUT2D eigenvalue weighted by atomic mass is 16.5. The van der Waals surface area contributed by atoms with Crippen LogP contribution in [0.5, 0.6) is 11.5 Å². The van der Waals surface area contributed by atoms with Crippen molar-refractivity contribution in [1.29, 1.82) is 0 Å². The molecule has 142 valence electrons. The molecule has 1 aliphatic rings. The maximum absolute atomic E-state index is 12.7. The number of carbonyl (C=O) groups excluding carboxylic acids is 2. The second kappa shape index (κ2) is 7.51. The summed E-state index contributed by atoms with van der Waals surface area (Å²) < 4.78 is 7.49. The zero-order valence-corrected chi connectivity index (χ0v) is 15.3. The number of anilines is 1. The summed E-state index contributed by atoms with van der Waals surface area (Å²) in [5.74, 6) is 1.25. The number of fused-ring (bicyclic) bond motifs is 1. The molecule has 1 aromatic carbocycles. The third-order valence-corrected chi connectivity index (χ3v) is 4.54. The van der Waals surface area contributed by atoms with Gasteiger partial charge in [-0.3, -0.25) is 19.5 Å². The predicted molar refractivity (Wildman–Crippen MR) is 102 cm³/mol. The van der Waals surface area contributed by atoms with Crippen LogP contribution >= 0.6 is 0 Å². The predicted octanol–water partition coefficient (Wildman–Crippen LogP) is 2.24. The minimum Gasteiger partial charge on any atom is -0.457 e. The van der Waals surface area contributed by atoms with Crippen molar-refractivity contribution in [2.24, 2.45) is 0 Å². The van der Waals surface area contributed by atoms with Crippen molar-refractivity contribution in [2.75, 3.05) is 11.9 Å². The number of amides is 2. The van der Waals surface area contributed by atoms with Crippen molar-refractivity contribution in [3.8, 4) is 11.5 Å². The Hall–Kier alpha value is -3.68. The summed E-state index contributed by atoms with van der Waals surface area (Å²) in [6.45, 7) is 0.536. The summed E-state index contributed by atoms with van der Waals surface area (Å²) >= 11 is 0. The minimum atomic E-state index is -0.653. The van der Waals surface area contributed by atoms with Gasteiger partial charge < -0.3 is 10.1 Å². The topological polar surface area (TPSA) is 89.4 Å². The van der Waals surface area contributed by atoms with E-state index in [2.05, 4.69) is 15.4 Å². The van der Waals surface area contributed by atoms with Crippen LogP contribution in [-0.2, 0) is 11.3 Å². The lowest BCUT2D eigenvalue weighted by Crippen LogP contribution is -2.46. The molecule has 0 unspecified atom stereocenters. The van der Waals surface area contributed by atoms with Crippen LogP contribution in [0.25, 0.3) is 0 Å². The molecule has 0 aliphatic carbocycles. The van der Waals surface area contributed by atoms with Crippen molar-refractivity contribution in [3.63, 3.8) is 0 Å². The van der Waals surface area contributed by atoms with Crippen LogP contribution in [0.3, 0.4) is 0 Å². The molecule has 4 rings (SSSR count). The molecular formula is C20H19N5O3. The molecule has 2 aromatic heterocycles. The zero-order chi connectivity index (χ0) is 19.5. The molecule has 1 atom stereocenters. The van der Waals surface area contributed by atoms with Gasteiger partial charge in [0.1, 0.15) is 29.1 Å². The Morgan fingerprint density at radius 3 is 2.79 bits per heavy atom. The molecule has 2 amide bonds. The van der Waals surface area contributed by atoms with Gasteiger partial charge in [0.15, 0.2) is 0 Å². The summed E-state index contributed by atoms with van der Waals surface area (Å²) in [6.07, 6.45) is 3.60. The van der Waals surface area contributed by atoms with E-state index in [0.29, 0.717) is 30.3 Å². The number of aryl methyl sites for hydroxylation is 1. The van der Waals surface area contributed by atoms with Gasteiger partial charge in [-0.15, -0.1) is 0 Å². The number of pyridine rings is 1. The minimum absolute atomic E-state index is 0.186. The van der Waals surface area contributed by atoms with Gasteiger partial charge in [0.25, 0.3) is 11.8 Å². The Morgan fingerprint density at radius 2 is 1.96 bits per heavy atom. The van der Waals surface area contributed by atoms with Gasteiger partial charge >= 0.3 is 0 Å². The van der Waals surface area contributed by atoms with Gasteiger partial charge in [-0.1, -0.05) is 18.2 Å². The van der Waals surface area contributed by atoms with E-state index >= 15 is 0 Å². The number of rotatable bonds is 4. The maximum atomic E-state index is 12.7. The largest absolute Gasteiger partial charge is 0.457 e. The number of hydrogen-bond donors (Lipinski definition) is 1. The van der Waals surface area contributed by atoms with E-state index in [1.807, 2.05) is 30.3 Å². The number of carbonyl (C=O) groups is 2. The lowest BCUT2D eigenvalue weighted by atomic mass is 10.1. The quantitative estimate of drug-likeness (QED) is 0.753. The standard InChI is InChI=1S/C20H19N5O3/c1-24-18-8-11-22-25(18)12-9-16(20(24)27)23-19(26)17-13-15(7-10-21-17)28-14-5-3-2-4-6-14/h2-8,10-11,13,16H,9,12H2,1H3,(H,23,26)/t16-/m0/s1. The van der Waals surface area contributed by atoms with Crippen LogP contribution < -0.4 is 15.0 Å². The summed E-state index contributed by atoms with van der Waals surface area (Å²) in [7, 11) is 1.67. The van der Waals surface area contributed by atoms with Crippen LogP contribution in [0.15, 0.2) is 60.9 Å². The molecule has 0 spiro atoms. The van der Waals surface area contributed by atoms with Crippen LogP contribution in [0.1, 0.15) is 16.9 Å². The fourth-order valence-corrected chi connectivity index (χ4v) is 3.09. The molecule has 0 radical (unpaired) electrons. The Labute approximate surface area is 161 Å². The van der Waals surface area contributed by atoms with E-state index in [4.69, 9.17) is 4.74 Å². The number of benzene rings is 1. The van der Waals surface area contributed by atoms with E-state index in [9.17, 15) is 9.59 Å². The normalized spacial score (nSPS) is 16.2. The van der Waals surface area contributed by atoms with Gasteiger partial charge in [-0.2, -0.15) is 5.10 Å². The van der Waals surface area contributed by atoms with Gasteiger partial charge in [0.05, 0.1) is 6.20 Å². The molecule has 3 aromatic rings. The number of aromatic nitrogens is 3. The highest BCUT2D eigenvalue weighted by Gasteiger charge is 2.30. The molecule has 8 nitrogen and oxygen atoms in total. The van der Waals surface area contributed by atoms with Crippen LogP contribution in [0.4, 0.5) is 5.82 Å². The summed E-state index contributed by atoms with van der Waals surface area (Å²) in [5, 5.41) is 6.99. The SMILES string of the molecule is CN1C(=O)[C@@H](NC(=O)c2cc(Oc3ccccc3)ccn2)CCn2nccc21. The molecular weight excluding hydrogens is 358 g/mol. The third-order valence-electron chi connectivity index (χ3n) is 4.54. The molecule has 0 saturated heterocycles. The second-order valence-electron chi connectivity index (χ2n) is 6.42. The first-order valence-electron chi connectivity index (χ1n) is 8.91. The molecule has 28 heavy (non-hydrogen) atoms. The Morgan fingerprint density at radius 1 is 1.14 bits per heavy atom. The lowest BCUT2D eigenvalue weighted by molar-refractivity contribution is -0.120. The fraction of sp³-hybridized carbons (Fsp3) is 0.200. The van der Waals surface area contributed by atoms with Gasteiger partial charge in [-0.25, -0.2) is 4.68 Å². The van der Waals surface area contributed by atoms with Crippen molar-refractivity contribution in [3.05, 3.63) is 66.6 Å². The number of nitrogens with zero attached hydrogens (tertiary/aromatic N) is 4. The van der Waals surface area contributed by atoms with E-state index in [1.54, 1.807) is 36.1 Å². The Bertz CT molecular complexity index is 1000. The Kier molecular flexibility index (Phi) is 4.76. The molecule has 1 aliphatic heterocycles. The van der Waals surface area contributed by atoms with Gasteiger partial charge in [0, 0.05) is 31.9 Å². The smallest absolute Gasteiger partial charge is 0.270 e. The molecule has 8 heteroatoms. The molecule has 0 saturated carbocycles. The van der Waals surface area contributed by atoms with E-state index in [1.165, 1.54) is 11.1 Å². The van der Waals surface area contributed by atoms with Crippen LogP contribution in [-0.4, -0.2) is 39.7 Å². The molecule has 3 heterocycles. The first-order chi connectivity index (χ1) is 13.6. The van der Waals surface area contributed by atoms with Gasteiger partial charge in [-0.05, 0) is 24.6 Å². The summed E-state index contributed by atoms with van der Waals surface area (Å²) in [4.78, 5) is 31.0. The van der Waals surface area contributed by atoms with Crippen molar-refractivity contribution >= 4 is 17.6 Å². The first-order valence-corrected chi connectivity index (χ1v) is 8.91. The third kappa shape index (κ3) is 3.57. The van der Waals surface area contributed by atoms with Crippen LogP contribution in [0, 0.1) is 0 Å². The zero-order valence-electron chi connectivity index (χ0n) is 15.3.